The van der Waals surface area contributed by atoms with E-state index in [-0.39, 0.29) is 10.3 Å². The summed E-state index contributed by atoms with van der Waals surface area (Å²) in [5, 5.41) is 0. The average Bonchev–Trinajstić information content (AvgIpc) is 2.74. The lowest BCUT2D eigenvalue weighted by atomic mass is 10.1. The van der Waals surface area contributed by atoms with E-state index < -0.39 is 0 Å². The minimum Gasteiger partial charge on any atom is -0.456 e. The van der Waals surface area contributed by atoms with E-state index in [1.807, 2.05) is 42.5 Å². The third kappa shape index (κ3) is 4.21. The lowest BCUT2D eigenvalue weighted by Crippen LogP contribution is -1.90. The summed E-state index contributed by atoms with van der Waals surface area (Å²) in [6.07, 6.45) is 1.72. The number of halogens is 2. The second-order valence-corrected chi connectivity index (χ2v) is 6.77. The Morgan fingerprint density at radius 3 is 2.18 bits per heavy atom. The van der Waals surface area contributed by atoms with Gasteiger partial charge in [0.15, 0.2) is 0 Å². The number of hydrogen-bond acceptors (Lipinski definition) is 3. The van der Waals surface area contributed by atoms with Gasteiger partial charge in [0.2, 0.25) is 5.88 Å². The molecule has 3 aromatic carbocycles. The van der Waals surface area contributed by atoms with Crippen LogP contribution in [0.25, 0.3) is 11.1 Å². The molecule has 0 aliphatic carbocycles. The van der Waals surface area contributed by atoms with Gasteiger partial charge >= 0.3 is 0 Å². The quantitative estimate of drug-likeness (QED) is 0.331. The highest BCUT2D eigenvalue weighted by atomic mass is 79.9. The van der Waals surface area contributed by atoms with E-state index in [1.54, 1.807) is 42.6 Å². The molecule has 3 nitrogen and oxygen atoms in total. The monoisotopic (exact) mass is 435 g/mol. The van der Waals surface area contributed by atoms with Crippen LogP contribution < -0.4 is 9.47 Å². The maximum Gasteiger partial charge on any atom is 0.219 e. The summed E-state index contributed by atoms with van der Waals surface area (Å²) in [6.45, 7) is 0. The Morgan fingerprint density at radius 2 is 1.43 bits per heavy atom. The van der Waals surface area contributed by atoms with E-state index in [2.05, 4.69) is 20.9 Å². The van der Waals surface area contributed by atoms with E-state index in [1.165, 1.54) is 6.07 Å². The summed E-state index contributed by atoms with van der Waals surface area (Å²) in [4.78, 5) is 4.27. The van der Waals surface area contributed by atoms with Crippen molar-refractivity contribution in [1.82, 2.24) is 4.98 Å². The number of benzene rings is 3. The Balaban J connectivity index is 1.48. The zero-order chi connectivity index (χ0) is 19.3. The van der Waals surface area contributed by atoms with Gasteiger partial charge in [-0.05, 0) is 69.5 Å². The molecule has 5 heteroatoms. The minimum absolute atomic E-state index is 0.289. The summed E-state index contributed by atoms with van der Waals surface area (Å²) < 4.78 is 25.4. The molecular weight excluding hydrogens is 421 g/mol. The number of pyridine rings is 1. The zero-order valence-electron chi connectivity index (χ0n) is 14.7. The van der Waals surface area contributed by atoms with Crippen LogP contribution in [0.2, 0.25) is 0 Å². The highest BCUT2D eigenvalue weighted by Crippen LogP contribution is 2.33. The molecule has 1 aromatic heterocycles. The second-order valence-electron chi connectivity index (χ2n) is 5.98. The van der Waals surface area contributed by atoms with Gasteiger partial charge in [-0.25, -0.2) is 9.37 Å². The van der Waals surface area contributed by atoms with Gasteiger partial charge in [-0.15, -0.1) is 0 Å². The normalized spacial score (nSPS) is 10.5. The van der Waals surface area contributed by atoms with Crippen LogP contribution in [-0.4, -0.2) is 4.98 Å². The Labute approximate surface area is 170 Å². The van der Waals surface area contributed by atoms with Crippen LogP contribution >= 0.6 is 15.9 Å². The van der Waals surface area contributed by atoms with Gasteiger partial charge in [-0.1, -0.05) is 36.4 Å². The summed E-state index contributed by atoms with van der Waals surface area (Å²) >= 11 is 3.19. The molecule has 138 valence electrons. The van der Waals surface area contributed by atoms with Gasteiger partial charge in [0.05, 0.1) is 4.47 Å². The Kier molecular flexibility index (Phi) is 5.35. The Hall–Kier alpha value is -3.18. The smallest absolute Gasteiger partial charge is 0.219 e. The first kappa shape index (κ1) is 18.2. The highest BCUT2D eigenvalue weighted by Gasteiger charge is 2.08. The van der Waals surface area contributed by atoms with Gasteiger partial charge in [-0.2, -0.15) is 0 Å². The molecule has 28 heavy (non-hydrogen) atoms. The van der Waals surface area contributed by atoms with E-state index in [4.69, 9.17) is 9.47 Å². The minimum atomic E-state index is -0.373. The number of aromatic nitrogens is 1. The summed E-state index contributed by atoms with van der Waals surface area (Å²) in [5.41, 5.74) is 2.13. The van der Waals surface area contributed by atoms with Crippen LogP contribution in [0.4, 0.5) is 4.39 Å². The molecule has 0 unspecified atom stereocenters. The number of ether oxygens (including phenoxy) is 2. The standard InChI is InChI=1S/C23H15BrFNO2/c24-23-20(25)7-4-8-21(23)27-18-9-11-19(12-10-18)28-22-15-17(13-14-26-22)16-5-2-1-3-6-16/h1-15H. The lowest BCUT2D eigenvalue weighted by Gasteiger charge is -2.10. The molecule has 4 aromatic rings. The zero-order valence-corrected chi connectivity index (χ0v) is 16.3. The van der Waals surface area contributed by atoms with Crippen LogP contribution in [0.15, 0.2) is 95.6 Å². The van der Waals surface area contributed by atoms with Crippen molar-refractivity contribution in [1.29, 1.82) is 0 Å². The molecule has 0 aliphatic rings. The van der Waals surface area contributed by atoms with Crippen molar-refractivity contribution in [2.75, 3.05) is 0 Å². The largest absolute Gasteiger partial charge is 0.456 e. The van der Waals surface area contributed by atoms with Crippen LogP contribution in [0.5, 0.6) is 23.1 Å². The Bertz CT molecular complexity index is 1090. The molecule has 4 rings (SSSR count). The van der Waals surface area contributed by atoms with E-state index >= 15 is 0 Å². The van der Waals surface area contributed by atoms with Gasteiger partial charge in [0, 0.05) is 12.3 Å². The molecule has 0 N–H and O–H groups in total. The number of nitrogens with zero attached hydrogens (tertiary/aromatic N) is 1. The molecule has 0 fully saturated rings. The maximum absolute atomic E-state index is 13.6. The third-order valence-corrected chi connectivity index (χ3v) is 4.80. The molecule has 0 spiro atoms. The van der Waals surface area contributed by atoms with Gasteiger partial charge in [0.25, 0.3) is 0 Å². The van der Waals surface area contributed by atoms with Crippen molar-refractivity contribution >= 4 is 15.9 Å². The SMILES string of the molecule is Fc1cccc(Oc2ccc(Oc3cc(-c4ccccc4)ccn3)cc2)c1Br. The van der Waals surface area contributed by atoms with Crippen LogP contribution in [0, 0.1) is 5.82 Å². The molecule has 0 saturated heterocycles. The van der Waals surface area contributed by atoms with Gasteiger partial charge in [-0.3, -0.25) is 0 Å². The maximum atomic E-state index is 13.6. The predicted octanol–water partition coefficient (Wildman–Crippen LogP) is 7.23. The van der Waals surface area contributed by atoms with Crippen LogP contribution in [0.3, 0.4) is 0 Å². The predicted molar refractivity (Wildman–Crippen MR) is 110 cm³/mol. The molecule has 0 atom stereocenters. The molecule has 0 amide bonds. The van der Waals surface area contributed by atoms with Crippen LogP contribution in [-0.2, 0) is 0 Å². The second kappa shape index (κ2) is 8.23. The molecule has 0 radical (unpaired) electrons. The molecule has 0 aliphatic heterocycles. The van der Waals surface area contributed by atoms with Gasteiger partial charge in [0.1, 0.15) is 23.1 Å². The summed E-state index contributed by atoms with van der Waals surface area (Å²) in [6, 6.07) is 25.6. The van der Waals surface area contributed by atoms with Crippen molar-refractivity contribution in [2.24, 2.45) is 0 Å². The van der Waals surface area contributed by atoms with Crippen molar-refractivity contribution in [3.8, 4) is 34.3 Å². The fourth-order valence-corrected chi connectivity index (χ4v) is 3.01. The summed E-state index contributed by atoms with van der Waals surface area (Å²) in [7, 11) is 0. The Morgan fingerprint density at radius 1 is 0.714 bits per heavy atom. The fraction of sp³-hybridized carbons (Fsp3) is 0. The average molecular weight is 436 g/mol. The first-order valence-electron chi connectivity index (χ1n) is 8.60. The molecule has 0 saturated carbocycles. The van der Waals surface area contributed by atoms with Crippen LogP contribution in [0.1, 0.15) is 0 Å². The number of hydrogen-bond donors (Lipinski definition) is 0. The number of rotatable bonds is 5. The molecule has 1 heterocycles. The fourth-order valence-electron chi connectivity index (χ4n) is 2.66. The van der Waals surface area contributed by atoms with Crippen molar-refractivity contribution in [3.05, 3.63) is 101 Å². The van der Waals surface area contributed by atoms with E-state index in [0.717, 1.165) is 11.1 Å². The lowest BCUT2D eigenvalue weighted by molar-refractivity contribution is 0.454. The third-order valence-electron chi connectivity index (χ3n) is 4.03. The first-order chi connectivity index (χ1) is 13.7. The van der Waals surface area contributed by atoms with Crippen molar-refractivity contribution < 1.29 is 13.9 Å². The summed E-state index contributed by atoms with van der Waals surface area (Å²) in [5.74, 6) is 1.74. The van der Waals surface area contributed by atoms with Gasteiger partial charge < -0.3 is 9.47 Å². The van der Waals surface area contributed by atoms with E-state index in [9.17, 15) is 4.39 Å². The molecule has 0 bridgehead atoms. The van der Waals surface area contributed by atoms with Crippen molar-refractivity contribution in [2.45, 2.75) is 0 Å². The van der Waals surface area contributed by atoms with Crippen molar-refractivity contribution in [3.63, 3.8) is 0 Å². The topological polar surface area (TPSA) is 31.4 Å². The highest BCUT2D eigenvalue weighted by molar-refractivity contribution is 9.10. The molecular formula is C23H15BrFNO2. The first-order valence-corrected chi connectivity index (χ1v) is 9.39. The van der Waals surface area contributed by atoms with E-state index in [0.29, 0.717) is 23.1 Å².